The molecule has 1 atom stereocenters. The molecule has 116 valence electrons. The predicted octanol–water partition coefficient (Wildman–Crippen LogP) is 0.935. The lowest BCUT2D eigenvalue weighted by atomic mass is 9.89. The lowest BCUT2D eigenvalue weighted by Crippen LogP contribution is -2.53. The molecule has 2 fully saturated rings. The smallest absolute Gasteiger partial charge is 0.410 e. The Kier molecular flexibility index (Phi) is 3.79. The van der Waals surface area contributed by atoms with Gasteiger partial charge in [-0.2, -0.15) is 0 Å². The van der Waals surface area contributed by atoms with E-state index in [0.29, 0.717) is 19.3 Å². The first-order valence-corrected chi connectivity index (χ1v) is 8.74. The molecule has 2 rings (SSSR count). The van der Waals surface area contributed by atoms with Crippen LogP contribution in [-0.2, 0) is 14.6 Å². The Balaban J connectivity index is 2.17. The molecule has 0 radical (unpaired) electrons. The second-order valence-corrected chi connectivity index (χ2v) is 9.13. The molecule has 0 aromatic carbocycles. The van der Waals surface area contributed by atoms with Crippen LogP contribution >= 0.6 is 0 Å². The average molecular weight is 305 g/mol. The quantitative estimate of drug-likeness (QED) is 0.720. The number of sulfone groups is 1. The molecule has 1 N–H and O–H groups in total. The topological polar surface area (TPSA) is 83.9 Å². The highest BCUT2D eigenvalue weighted by atomic mass is 32.2. The average Bonchev–Trinajstić information content (AvgIpc) is 2.59. The summed E-state index contributed by atoms with van der Waals surface area (Å²) < 4.78 is 28.5. The van der Waals surface area contributed by atoms with Gasteiger partial charge in [-0.25, -0.2) is 13.2 Å². The van der Waals surface area contributed by atoms with Gasteiger partial charge in [-0.05, 0) is 40.0 Å². The minimum absolute atomic E-state index is 0.0685. The second kappa shape index (κ2) is 4.87. The zero-order chi connectivity index (χ0) is 15.2. The molecule has 0 saturated carbocycles. The van der Waals surface area contributed by atoms with E-state index in [2.05, 4.69) is 0 Å². The molecule has 7 heteroatoms. The van der Waals surface area contributed by atoms with Crippen molar-refractivity contribution in [3.05, 3.63) is 0 Å². The van der Waals surface area contributed by atoms with Gasteiger partial charge in [0.1, 0.15) is 15.4 Å². The minimum atomic E-state index is -3.01. The highest BCUT2D eigenvalue weighted by Crippen LogP contribution is 2.40. The van der Waals surface area contributed by atoms with E-state index < -0.39 is 33.2 Å². The fraction of sp³-hybridized carbons (Fsp3) is 0.923. The van der Waals surface area contributed by atoms with Crippen molar-refractivity contribution in [2.75, 3.05) is 18.1 Å². The van der Waals surface area contributed by atoms with Gasteiger partial charge in [0.2, 0.25) is 0 Å². The van der Waals surface area contributed by atoms with Crippen molar-refractivity contribution in [2.24, 2.45) is 0 Å². The van der Waals surface area contributed by atoms with Crippen molar-refractivity contribution in [1.82, 2.24) is 4.90 Å². The number of hydrogen-bond donors (Lipinski definition) is 1. The van der Waals surface area contributed by atoms with Gasteiger partial charge < -0.3 is 9.84 Å². The van der Waals surface area contributed by atoms with Gasteiger partial charge in [-0.3, -0.25) is 4.90 Å². The molecule has 0 aromatic heterocycles. The summed E-state index contributed by atoms with van der Waals surface area (Å²) in [5.41, 5.74) is -1.17. The van der Waals surface area contributed by atoms with Gasteiger partial charge in [0.05, 0.1) is 29.7 Å². The lowest BCUT2D eigenvalue weighted by molar-refractivity contribution is 0.00523. The fourth-order valence-electron chi connectivity index (χ4n) is 3.00. The molecule has 2 aliphatic rings. The maximum Gasteiger partial charge on any atom is 0.410 e. The Labute approximate surface area is 120 Å². The first-order chi connectivity index (χ1) is 9.03. The third-order valence-electron chi connectivity index (χ3n) is 3.95. The summed E-state index contributed by atoms with van der Waals surface area (Å²) in [6.45, 7) is 5.58. The Morgan fingerprint density at radius 2 is 1.85 bits per heavy atom. The molecule has 0 bridgehead atoms. The summed E-state index contributed by atoms with van der Waals surface area (Å²) in [5.74, 6) is 0.137. The first kappa shape index (κ1) is 15.6. The zero-order valence-electron chi connectivity index (χ0n) is 12.3. The number of carbonyl (C=O) groups is 1. The summed E-state index contributed by atoms with van der Waals surface area (Å²) in [6.07, 6.45) is 0.121. The summed E-state index contributed by atoms with van der Waals surface area (Å²) in [7, 11) is -3.01. The van der Waals surface area contributed by atoms with Crippen LogP contribution in [0.15, 0.2) is 0 Å². The molecule has 1 spiro atoms. The Morgan fingerprint density at radius 3 is 2.35 bits per heavy atom. The van der Waals surface area contributed by atoms with Crippen LogP contribution < -0.4 is 0 Å². The van der Waals surface area contributed by atoms with E-state index in [1.165, 1.54) is 4.90 Å². The number of nitrogens with zero attached hydrogens (tertiary/aromatic N) is 1. The largest absolute Gasteiger partial charge is 0.444 e. The summed E-state index contributed by atoms with van der Waals surface area (Å²) >= 11 is 0. The molecular weight excluding hydrogens is 282 g/mol. The van der Waals surface area contributed by atoms with Gasteiger partial charge in [0.25, 0.3) is 0 Å². The molecular formula is C13H23NO5S. The van der Waals surface area contributed by atoms with E-state index in [1.807, 2.05) is 0 Å². The Morgan fingerprint density at radius 1 is 1.30 bits per heavy atom. The normalized spacial score (nSPS) is 28.6. The number of amides is 1. The van der Waals surface area contributed by atoms with Gasteiger partial charge in [-0.15, -0.1) is 0 Å². The highest BCUT2D eigenvalue weighted by molar-refractivity contribution is 7.91. The van der Waals surface area contributed by atoms with E-state index in [0.717, 1.165) is 0 Å². The summed E-state index contributed by atoms with van der Waals surface area (Å²) in [5, 5.41) is 9.90. The van der Waals surface area contributed by atoms with Gasteiger partial charge >= 0.3 is 6.09 Å². The van der Waals surface area contributed by atoms with Crippen LogP contribution in [0.25, 0.3) is 0 Å². The summed E-state index contributed by atoms with van der Waals surface area (Å²) in [6, 6.07) is 0. The number of aliphatic hydroxyl groups is 1. The molecule has 20 heavy (non-hydrogen) atoms. The molecule has 6 nitrogen and oxygen atoms in total. The fourth-order valence-corrected chi connectivity index (χ4v) is 4.58. The SMILES string of the molecule is CC(C)(C)OC(=O)N1CC(O)CC12CCS(=O)(=O)CC2. The van der Waals surface area contributed by atoms with E-state index in [1.54, 1.807) is 20.8 Å². The Bertz CT molecular complexity index is 479. The predicted molar refractivity (Wildman–Crippen MR) is 74.2 cm³/mol. The first-order valence-electron chi connectivity index (χ1n) is 6.92. The molecule has 0 aliphatic carbocycles. The van der Waals surface area contributed by atoms with Crippen molar-refractivity contribution in [1.29, 1.82) is 0 Å². The molecule has 2 saturated heterocycles. The van der Waals surface area contributed by atoms with Crippen LogP contribution in [0.1, 0.15) is 40.0 Å². The number of ether oxygens (including phenoxy) is 1. The van der Waals surface area contributed by atoms with Gasteiger partial charge in [0.15, 0.2) is 0 Å². The van der Waals surface area contributed by atoms with Crippen LogP contribution in [0.2, 0.25) is 0 Å². The molecule has 2 aliphatic heterocycles. The molecule has 1 amide bonds. The van der Waals surface area contributed by atoms with E-state index in [-0.39, 0.29) is 18.1 Å². The van der Waals surface area contributed by atoms with Crippen molar-refractivity contribution in [3.8, 4) is 0 Å². The van der Waals surface area contributed by atoms with Crippen molar-refractivity contribution < 1.29 is 23.1 Å². The van der Waals surface area contributed by atoms with Crippen molar-refractivity contribution >= 4 is 15.9 Å². The van der Waals surface area contributed by atoms with E-state index in [9.17, 15) is 18.3 Å². The molecule has 1 unspecified atom stereocenters. The maximum atomic E-state index is 12.3. The van der Waals surface area contributed by atoms with Crippen LogP contribution in [0, 0.1) is 0 Å². The standard InChI is InChI=1S/C13H23NO5S/c1-12(2,3)19-11(16)14-9-10(15)8-13(14)4-6-20(17,18)7-5-13/h10,15H,4-9H2,1-3H3. The zero-order valence-corrected chi connectivity index (χ0v) is 13.1. The Hall–Kier alpha value is -0.820. The number of rotatable bonds is 0. The van der Waals surface area contributed by atoms with Crippen LogP contribution in [-0.4, -0.2) is 59.8 Å². The highest BCUT2D eigenvalue weighted by Gasteiger charge is 2.51. The molecule has 2 heterocycles. The van der Waals surface area contributed by atoms with E-state index >= 15 is 0 Å². The van der Waals surface area contributed by atoms with Crippen LogP contribution in [0.3, 0.4) is 0 Å². The molecule has 0 aromatic rings. The number of hydrogen-bond acceptors (Lipinski definition) is 5. The summed E-state index contributed by atoms with van der Waals surface area (Å²) in [4.78, 5) is 13.8. The number of β-amino-alcohol motifs (C(OH)–C–C–N with tert-alkyl or cyclic N) is 1. The minimum Gasteiger partial charge on any atom is -0.444 e. The second-order valence-electron chi connectivity index (χ2n) is 6.83. The van der Waals surface area contributed by atoms with Crippen molar-refractivity contribution in [3.63, 3.8) is 0 Å². The van der Waals surface area contributed by atoms with Crippen LogP contribution in [0.5, 0.6) is 0 Å². The lowest BCUT2D eigenvalue weighted by Gasteiger charge is -2.41. The number of aliphatic hydroxyl groups excluding tert-OH is 1. The van der Waals surface area contributed by atoms with E-state index in [4.69, 9.17) is 4.74 Å². The number of carbonyl (C=O) groups excluding carboxylic acids is 1. The number of likely N-dealkylation sites (tertiary alicyclic amines) is 1. The maximum absolute atomic E-state index is 12.3. The third kappa shape index (κ3) is 3.25. The van der Waals surface area contributed by atoms with Gasteiger partial charge in [0, 0.05) is 0 Å². The van der Waals surface area contributed by atoms with Crippen molar-refractivity contribution in [2.45, 2.75) is 57.3 Å². The third-order valence-corrected chi connectivity index (χ3v) is 5.60. The van der Waals surface area contributed by atoms with Gasteiger partial charge in [-0.1, -0.05) is 0 Å². The van der Waals surface area contributed by atoms with Crippen LogP contribution in [0.4, 0.5) is 4.79 Å². The monoisotopic (exact) mass is 305 g/mol.